The largest absolute Gasteiger partial charge is 0.365 e. The number of aryl methyl sites for hydroxylation is 2. The number of amides is 1. The van der Waals surface area contributed by atoms with E-state index in [0.29, 0.717) is 6.42 Å². The molecule has 130 valence electrons. The maximum atomic E-state index is 12.6. The smallest absolute Gasteiger partial charge is 0.249 e. The van der Waals surface area contributed by atoms with Crippen molar-refractivity contribution < 1.29 is 9.53 Å². The van der Waals surface area contributed by atoms with Crippen LogP contribution < -0.4 is 5.32 Å². The van der Waals surface area contributed by atoms with Crippen molar-refractivity contribution in [1.29, 1.82) is 0 Å². The molecule has 1 fully saturated rings. The highest BCUT2D eigenvalue weighted by Gasteiger charge is 2.26. The first-order chi connectivity index (χ1) is 10.9. The number of rotatable bonds is 6. The third kappa shape index (κ3) is 4.34. The zero-order chi connectivity index (χ0) is 17.0. The van der Waals surface area contributed by atoms with Gasteiger partial charge >= 0.3 is 0 Å². The minimum atomic E-state index is -0.349. The summed E-state index contributed by atoms with van der Waals surface area (Å²) < 4.78 is 7.94. The highest BCUT2D eigenvalue weighted by molar-refractivity contribution is 5.81. The maximum absolute atomic E-state index is 12.6. The summed E-state index contributed by atoms with van der Waals surface area (Å²) in [4.78, 5) is 12.6. The van der Waals surface area contributed by atoms with Crippen molar-refractivity contribution in [2.75, 3.05) is 0 Å². The molecule has 5 heteroatoms. The van der Waals surface area contributed by atoms with E-state index in [-0.39, 0.29) is 24.2 Å². The summed E-state index contributed by atoms with van der Waals surface area (Å²) in [6, 6.07) is -0.0554. The van der Waals surface area contributed by atoms with Gasteiger partial charge in [-0.15, -0.1) is 0 Å². The summed E-state index contributed by atoms with van der Waals surface area (Å²) in [7, 11) is 1.93. The first-order valence-corrected chi connectivity index (χ1v) is 8.90. The summed E-state index contributed by atoms with van der Waals surface area (Å²) in [6.07, 6.45) is 6.50. The Balaban J connectivity index is 1.97. The molecule has 1 aliphatic carbocycles. The van der Waals surface area contributed by atoms with Crippen LogP contribution in [-0.2, 0) is 16.6 Å². The van der Waals surface area contributed by atoms with E-state index in [4.69, 9.17) is 4.74 Å². The molecule has 23 heavy (non-hydrogen) atoms. The highest BCUT2D eigenvalue weighted by atomic mass is 16.5. The van der Waals surface area contributed by atoms with Gasteiger partial charge in [0, 0.05) is 18.3 Å². The molecule has 1 aliphatic rings. The number of aromatic nitrogens is 2. The molecule has 1 aromatic heterocycles. The van der Waals surface area contributed by atoms with Crippen LogP contribution in [0.1, 0.15) is 75.4 Å². The molecule has 0 aliphatic heterocycles. The Kier molecular flexibility index (Phi) is 6.22. The normalized spacial score (nSPS) is 18.7. The Hall–Kier alpha value is -1.36. The van der Waals surface area contributed by atoms with Gasteiger partial charge in [0.05, 0.1) is 17.8 Å². The van der Waals surface area contributed by atoms with Crippen LogP contribution in [0.2, 0.25) is 0 Å². The number of nitrogens with zero attached hydrogens (tertiary/aromatic N) is 2. The molecule has 1 aromatic rings. The zero-order valence-electron chi connectivity index (χ0n) is 15.2. The van der Waals surface area contributed by atoms with Crippen molar-refractivity contribution in [3.63, 3.8) is 0 Å². The minimum absolute atomic E-state index is 0.00627. The second-order valence-electron chi connectivity index (χ2n) is 6.73. The lowest BCUT2D eigenvalue weighted by Crippen LogP contribution is -2.40. The minimum Gasteiger partial charge on any atom is -0.365 e. The molecule has 0 spiro atoms. The van der Waals surface area contributed by atoms with Gasteiger partial charge in [-0.2, -0.15) is 5.10 Å². The standard InChI is InChI=1S/C18H31N3O2/c1-6-16(23-15-10-8-7-9-11-15)18(22)19-12(2)17-13(3)20-21(5)14(17)4/h12,15-16H,6-11H2,1-5H3,(H,19,22). The van der Waals surface area contributed by atoms with Crippen LogP contribution in [0.5, 0.6) is 0 Å². The molecule has 2 unspecified atom stereocenters. The maximum Gasteiger partial charge on any atom is 0.249 e. The molecule has 1 amide bonds. The lowest BCUT2D eigenvalue weighted by atomic mass is 9.97. The summed E-state index contributed by atoms with van der Waals surface area (Å²) in [5.41, 5.74) is 3.17. The second kappa shape index (κ2) is 7.95. The van der Waals surface area contributed by atoms with Gasteiger partial charge in [-0.1, -0.05) is 26.2 Å². The van der Waals surface area contributed by atoms with Gasteiger partial charge in [0.15, 0.2) is 0 Å². The van der Waals surface area contributed by atoms with Crippen molar-refractivity contribution in [2.24, 2.45) is 7.05 Å². The van der Waals surface area contributed by atoms with Gasteiger partial charge in [0.1, 0.15) is 6.10 Å². The molecule has 1 N–H and O–H groups in total. The van der Waals surface area contributed by atoms with Crippen LogP contribution in [0.25, 0.3) is 0 Å². The quantitative estimate of drug-likeness (QED) is 0.874. The van der Waals surface area contributed by atoms with Crippen LogP contribution in [-0.4, -0.2) is 27.9 Å². The topological polar surface area (TPSA) is 56.1 Å². The van der Waals surface area contributed by atoms with Crippen LogP contribution >= 0.6 is 0 Å². The molecule has 0 bridgehead atoms. The Morgan fingerprint density at radius 1 is 1.35 bits per heavy atom. The summed E-state index contributed by atoms with van der Waals surface area (Å²) in [5.74, 6) is -0.00627. The third-order valence-corrected chi connectivity index (χ3v) is 4.93. The summed E-state index contributed by atoms with van der Waals surface area (Å²) in [6.45, 7) is 8.05. The first-order valence-electron chi connectivity index (χ1n) is 8.90. The molecular weight excluding hydrogens is 290 g/mol. The zero-order valence-corrected chi connectivity index (χ0v) is 15.2. The molecule has 5 nitrogen and oxygen atoms in total. The van der Waals surface area contributed by atoms with Crippen molar-refractivity contribution in [3.8, 4) is 0 Å². The molecular formula is C18H31N3O2. The van der Waals surface area contributed by atoms with E-state index in [1.165, 1.54) is 19.3 Å². The van der Waals surface area contributed by atoms with Gasteiger partial charge in [0.2, 0.25) is 5.91 Å². The predicted octanol–water partition coefficient (Wildman–Crippen LogP) is 3.34. The van der Waals surface area contributed by atoms with Crippen molar-refractivity contribution in [2.45, 2.75) is 84.5 Å². The van der Waals surface area contributed by atoms with Crippen LogP contribution in [0.3, 0.4) is 0 Å². The van der Waals surface area contributed by atoms with Crippen LogP contribution in [0, 0.1) is 13.8 Å². The molecule has 0 radical (unpaired) electrons. The first kappa shape index (κ1) is 18.0. The molecule has 2 atom stereocenters. The highest BCUT2D eigenvalue weighted by Crippen LogP contribution is 2.24. The van der Waals surface area contributed by atoms with E-state index >= 15 is 0 Å². The van der Waals surface area contributed by atoms with Gasteiger partial charge in [-0.3, -0.25) is 9.48 Å². The van der Waals surface area contributed by atoms with Gasteiger partial charge in [0.25, 0.3) is 0 Å². The van der Waals surface area contributed by atoms with Crippen molar-refractivity contribution in [1.82, 2.24) is 15.1 Å². The molecule has 1 heterocycles. The van der Waals surface area contributed by atoms with Gasteiger partial charge in [-0.25, -0.2) is 0 Å². The van der Waals surface area contributed by atoms with Crippen molar-refractivity contribution in [3.05, 3.63) is 17.0 Å². The molecule has 0 aromatic carbocycles. The lowest BCUT2D eigenvalue weighted by Gasteiger charge is -2.27. The average Bonchev–Trinajstić information content (AvgIpc) is 2.78. The fourth-order valence-electron chi connectivity index (χ4n) is 3.57. The van der Waals surface area contributed by atoms with Gasteiger partial charge in [-0.05, 0) is 40.0 Å². The number of hydrogen-bond acceptors (Lipinski definition) is 3. The van der Waals surface area contributed by atoms with Gasteiger partial charge < -0.3 is 10.1 Å². The fraction of sp³-hybridized carbons (Fsp3) is 0.778. The third-order valence-electron chi connectivity index (χ3n) is 4.93. The number of nitrogens with one attached hydrogen (secondary N) is 1. The van der Waals surface area contributed by atoms with E-state index in [9.17, 15) is 4.79 Å². The molecule has 0 saturated heterocycles. The summed E-state index contributed by atoms with van der Waals surface area (Å²) >= 11 is 0. The average molecular weight is 321 g/mol. The second-order valence-corrected chi connectivity index (χ2v) is 6.73. The Labute approximate surface area is 139 Å². The van der Waals surface area contributed by atoms with E-state index < -0.39 is 0 Å². The lowest BCUT2D eigenvalue weighted by molar-refractivity contribution is -0.139. The van der Waals surface area contributed by atoms with E-state index in [1.807, 2.05) is 39.4 Å². The van der Waals surface area contributed by atoms with Crippen LogP contribution in [0.4, 0.5) is 0 Å². The molecule has 1 saturated carbocycles. The Bertz CT molecular complexity index is 533. The number of carbonyl (C=O) groups excluding carboxylic acids is 1. The Morgan fingerprint density at radius 3 is 2.52 bits per heavy atom. The predicted molar refractivity (Wildman–Crippen MR) is 91.3 cm³/mol. The Morgan fingerprint density at radius 2 is 2.00 bits per heavy atom. The SMILES string of the molecule is CCC(OC1CCCCC1)C(=O)NC(C)c1c(C)nn(C)c1C. The van der Waals surface area contributed by atoms with E-state index in [1.54, 1.807) is 0 Å². The summed E-state index contributed by atoms with van der Waals surface area (Å²) in [5, 5.41) is 7.55. The monoisotopic (exact) mass is 321 g/mol. The van der Waals surface area contributed by atoms with Crippen molar-refractivity contribution >= 4 is 5.91 Å². The van der Waals surface area contributed by atoms with E-state index in [0.717, 1.165) is 29.8 Å². The number of hydrogen-bond donors (Lipinski definition) is 1. The van der Waals surface area contributed by atoms with E-state index in [2.05, 4.69) is 10.4 Å². The number of ether oxygens (including phenoxy) is 1. The van der Waals surface area contributed by atoms with Crippen LogP contribution in [0.15, 0.2) is 0 Å². The fourth-order valence-corrected chi connectivity index (χ4v) is 3.57. The number of carbonyl (C=O) groups is 1. The molecule has 2 rings (SSSR count).